The standard InChI is InChI=1S/C18H25ClN4O2/c19-15-3-1-13(2-4-15)18(25)14-5-6-21-17(11-14)23-9-7-22(8-10-23)12-16(20)24/h1-4,14,17,21H,5-12H2,(H2,20,24)/t14?,17-/m1/s1. The van der Waals surface area contributed by atoms with E-state index in [-0.39, 0.29) is 23.8 Å². The number of hydrogen-bond donors (Lipinski definition) is 2. The maximum atomic E-state index is 12.8. The van der Waals surface area contributed by atoms with Gasteiger partial charge >= 0.3 is 0 Å². The lowest BCUT2D eigenvalue weighted by Gasteiger charge is -2.42. The highest BCUT2D eigenvalue weighted by molar-refractivity contribution is 6.30. The van der Waals surface area contributed by atoms with Gasteiger partial charge in [0.05, 0.1) is 12.7 Å². The number of nitrogens with zero attached hydrogens (tertiary/aromatic N) is 2. The number of piperidine rings is 1. The molecule has 1 unspecified atom stereocenters. The van der Waals surface area contributed by atoms with E-state index in [1.807, 2.05) is 12.1 Å². The highest BCUT2D eigenvalue weighted by Gasteiger charge is 2.32. The number of primary amides is 1. The number of halogens is 1. The molecule has 136 valence electrons. The maximum absolute atomic E-state index is 12.8. The number of hydrogen-bond acceptors (Lipinski definition) is 5. The second kappa shape index (κ2) is 8.27. The molecule has 6 nitrogen and oxygen atoms in total. The number of nitrogens with two attached hydrogens (primary N) is 1. The first-order valence-electron chi connectivity index (χ1n) is 8.81. The predicted molar refractivity (Wildman–Crippen MR) is 97.5 cm³/mol. The molecule has 3 rings (SSSR count). The van der Waals surface area contributed by atoms with Gasteiger partial charge in [-0.05, 0) is 43.7 Å². The number of rotatable bonds is 5. The lowest BCUT2D eigenvalue weighted by Crippen LogP contribution is -2.58. The molecule has 2 fully saturated rings. The largest absolute Gasteiger partial charge is 0.369 e. The van der Waals surface area contributed by atoms with E-state index in [1.54, 1.807) is 12.1 Å². The average Bonchev–Trinajstić information content (AvgIpc) is 2.62. The van der Waals surface area contributed by atoms with E-state index in [4.69, 9.17) is 17.3 Å². The molecule has 7 heteroatoms. The molecule has 3 N–H and O–H groups in total. The second-order valence-electron chi connectivity index (χ2n) is 6.84. The molecule has 2 atom stereocenters. The first-order chi connectivity index (χ1) is 12.0. The first kappa shape index (κ1) is 18.3. The van der Waals surface area contributed by atoms with Crippen LogP contribution in [0.2, 0.25) is 5.02 Å². The van der Waals surface area contributed by atoms with Crippen molar-refractivity contribution in [3.63, 3.8) is 0 Å². The lowest BCUT2D eigenvalue weighted by molar-refractivity contribution is -0.119. The highest BCUT2D eigenvalue weighted by Crippen LogP contribution is 2.24. The molecule has 0 spiro atoms. The normalized spacial score (nSPS) is 25.6. The highest BCUT2D eigenvalue weighted by atomic mass is 35.5. The summed E-state index contributed by atoms with van der Waals surface area (Å²) in [7, 11) is 0. The molecule has 0 bridgehead atoms. The Bertz CT molecular complexity index is 614. The van der Waals surface area contributed by atoms with Crippen LogP contribution in [0.1, 0.15) is 23.2 Å². The van der Waals surface area contributed by atoms with Crippen LogP contribution in [0.15, 0.2) is 24.3 Å². The molecule has 0 aliphatic carbocycles. The fraction of sp³-hybridized carbons (Fsp3) is 0.556. The van der Waals surface area contributed by atoms with Gasteiger partial charge in [0.2, 0.25) is 5.91 Å². The van der Waals surface area contributed by atoms with Crippen LogP contribution in [0, 0.1) is 5.92 Å². The van der Waals surface area contributed by atoms with Gasteiger partial charge in [0.25, 0.3) is 0 Å². The average molecular weight is 365 g/mol. The third-order valence-corrected chi connectivity index (χ3v) is 5.36. The van der Waals surface area contributed by atoms with Gasteiger partial charge in [-0.2, -0.15) is 0 Å². The fourth-order valence-electron chi connectivity index (χ4n) is 3.71. The number of piperazine rings is 1. The van der Waals surface area contributed by atoms with Gasteiger partial charge in [-0.3, -0.25) is 19.4 Å². The Morgan fingerprint density at radius 2 is 1.84 bits per heavy atom. The minimum atomic E-state index is -0.280. The van der Waals surface area contributed by atoms with Crippen LogP contribution >= 0.6 is 11.6 Å². The van der Waals surface area contributed by atoms with Crippen molar-refractivity contribution in [2.24, 2.45) is 11.7 Å². The Morgan fingerprint density at radius 3 is 2.48 bits per heavy atom. The van der Waals surface area contributed by atoms with E-state index in [0.29, 0.717) is 11.6 Å². The van der Waals surface area contributed by atoms with Gasteiger partial charge < -0.3 is 11.1 Å². The van der Waals surface area contributed by atoms with Gasteiger partial charge in [0.15, 0.2) is 5.78 Å². The molecule has 1 aromatic carbocycles. The van der Waals surface area contributed by atoms with Crippen LogP contribution < -0.4 is 11.1 Å². The number of nitrogens with one attached hydrogen (secondary N) is 1. The summed E-state index contributed by atoms with van der Waals surface area (Å²) in [6.45, 7) is 4.59. The van der Waals surface area contributed by atoms with Crippen molar-refractivity contribution in [3.8, 4) is 0 Å². The summed E-state index contributed by atoms with van der Waals surface area (Å²) in [5, 5.41) is 4.18. The Morgan fingerprint density at radius 1 is 1.16 bits per heavy atom. The van der Waals surface area contributed by atoms with Gasteiger partial charge in [0.1, 0.15) is 0 Å². The molecule has 0 radical (unpaired) electrons. The summed E-state index contributed by atoms with van der Waals surface area (Å²) in [6.07, 6.45) is 1.89. The molecule has 1 amide bonds. The fourth-order valence-corrected chi connectivity index (χ4v) is 3.84. The Hall–Kier alpha value is -1.47. The first-order valence-corrected chi connectivity index (χ1v) is 9.18. The van der Waals surface area contributed by atoms with Crippen molar-refractivity contribution >= 4 is 23.3 Å². The minimum absolute atomic E-state index is 0.0380. The number of ketones is 1. The van der Waals surface area contributed by atoms with Gasteiger partial charge in [-0.1, -0.05) is 11.6 Å². The summed E-state index contributed by atoms with van der Waals surface area (Å²) >= 11 is 5.91. The number of carbonyl (C=O) groups excluding carboxylic acids is 2. The molecular weight excluding hydrogens is 340 g/mol. The van der Waals surface area contributed by atoms with Gasteiger partial charge in [0, 0.05) is 42.7 Å². The number of amides is 1. The summed E-state index contributed by atoms with van der Waals surface area (Å²) < 4.78 is 0. The van der Waals surface area contributed by atoms with Crippen molar-refractivity contribution in [1.29, 1.82) is 0 Å². The predicted octanol–water partition coefficient (Wildman–Crippen LogP) is 0.951. The number of benzene rings is 1. The van der Waals surface area contributed by atoms with E-state index in [1.165, 1.54) is 0 Å². The van der Waals surface area contributed by atoms with Crippen LogP contribution in [-0.2, 0) is 4.79 Å². The molecule has 0 saturated carbocycles. The van der Waals surface area contributed by atoms with Crippen molar-refractivity contribution in [1.82, 2.24) is 15.1 Å². The van der Waals surface area contributed by atoms with Crippen molar-refractivity contribution < 1.29 is 9.59 Å². The van der Waals surface area contributed by atoms with Crippen molar-refractivity contribution in [2.45, 2.75) is 19.0 Å². The minimum Gasteiger partial charge on any atom is -0.369 e. The Balaban J connectivity index is 1.55. The van der Waals surface area contributed by atoms with E-state index in [0.717, 1.165) is 51.1 Å². The van der Waals surface area contributed by atoms with Crippen molar-refractivity contribution in [2.75, 3.05) is 39.3 Å². The SMILES string of the molecule is NC(=O)CN1CCN([C@@H]2CC(C(=O)c3ccc(Cl)cc3)CCN2)CC1. The molecule has 1 aromatic rings. The molecule has 2 aliphatic rings. The van der Waals surface area contributed by atoms with Crippen LogP contribution in [-0.4, -0.2) is 66.9 Å². The lowest BCUT2D eigenvalue weighted by atomic mass is 9.87. The number of carbonyl (C=O) groups is 2. The van der Waals surface area contributed by atoms with Crippen molar-refractivity contribution in [3.05, 3.63) is 34.9 Å². The van der Waals surface area contributed by atoms with E-state index in [2.05, 4.69) is 15.1 Å². The van der Waals surface area contributed by atoms with Gasteiger partial charge in [-0.25, -0.2) is 0 Å². The Kier molecular flexibility index (Phi) is 6.06. The van der Waals surface area contributed by atoms with Gasteiger partial charge in [-0.15, -0.1) is 0 Å². The molecule has 2 aliphatic heterocycles. The van der Waals surface area contributed by atoms with Crippen LogP contribution in [0.3, 0.4) is 0 Å². The van der Waals surface area contributed by atoms with Crippen LogP contribution in [0.25, 0.3) is 0 Å². The molecular formula is C18H25ClN4O2. The monoisotopic (exact) mass is 364 g/mol. The zero-order valence-electron chi connectivity index (χ0n) is 14.3. The summed E-state index contributed by atoms with van der Waals surface area (Å²) in [6, 6.07) is 7.16. The molecule has 25 heavy (non-hydrogen) atoms. The van der Waals surface area contributed by atoms with E-state index >= 15 is 0 Å². The molecule has 0 aromatic heterocycles. The maximum Gasteiger partial charge on any atom is 0.231 e. The third kappa shape index (κ3) is 4.79. The van der Waals surface area contributed by atoms with E-state index in [9.17, 15) is 9.59 Å². The molecule has 2 saturated heterocycles. The quantitative estimate of drug-likeness (QED) is 0.761. The third-order valence-electron chi connectivity index (χ3n) is 5.11. The zero-order valence-corrected chi connectivity index (χ0v) is 15.0. The topological polar surface area (TPSA) is 78.7 Å². The summed E-state index contributed by atoms with van der Waals surface area (Å²) in [4.78, 5) is 28.3. The van der Waals surface area contributed by atoms with Crippen LogP contribution in [0.4, 0.5) is 0 Å². The molecule has 2 heterocycles. The van der Waals surface area contributed by atoms with E-state index < -0.39 is 0 Å². The number of Topliss-reactive ketones (excluding diaryl/α,β-unsaturated/α-hetero) is 1. The zero-order chi connectivity index (χ0) is 17.8. The summed E-state index contributed by atoms with van der Waals surface area (Å²) in [5.41, 5.74) is 6.00. The second-order valence-corrected chi connectivity index (χ2v) is 7.28. The Labute approximate surface area is 153 Å². The summed E-state index contributed by atoms with van der Waals surface area (Å²) in [5.74, 6) is -0.0375. The smallest absolute Gasteiger partial charge is 0.231 e. The van der Waals surface area contributed by atoms with Crippen LogP contribution in [0.5, 0.6) is 0 Å².